The van der Waals surface area contributed by atoms with E-state index in [-0.39, 0.29) is 5.82 Å². The van der Waals surface area contributed by atoms with Gasteiger partial charge in [-0.05, 0) is 12.1 Å². The van der Waals surface area contributed by atoms with Crippen LogP contribution in [0.15, 0.2) is 60.7 Å². The van der Waals surface area contributed by atoms with Crippen LogP contribution < -0.4 is 5.46 Å². The van der Waals surface area contributed by atoms with E-state index >= 15 is 0 Å². The summed E-state index contributed by atoms with van der Waals surface area (Å²) in [5.74, 6) is -0.219. The lowest BCUT2D eigenvalue weighted by Crippen LogP contribution is -1.98. The zero-order chi connectivity index (χ0) is 14.4. The van der Waals surface area contributed by atoms with Gasteiger partial charge in [-0.2, -0.15) is 0 Å². The Labute approximate surface area is 122 Å². The van der Waals surface area contributed by atoms with Crippen LogP contribution in [0.2, 0.25) is 0 Å². The first-order chi connectivity index (χ1) is 10.2. The molecule has 0 unspecified atom stereocenters. The third-order valence-corrected chi connectivity index (χ3v) is 3.82. The van der Waals surface area contributed by atoms with Gasteiger partial charge in [0.25, 0.3) is 0 Å². The third kappa shape index (κ3) is 1.85. The zero-order valence-corrected chi connectivity index (χ0v) is 11.2. The highest BCUT2D eigenvalue weighted by molar-refractivity contribution is 6.33. The molecule has 4 aromatic rings. The smallest absolute Gasteiger partial charge is 0.131 e. The SMILES string of the molecule is [B]c1ccc2c(c1)[nH]c1c(-c3ccccc3F)cccc12. The Morgan fingerprint density at radius 3 is 2.48 bits per heavy atom. The monoisotopic (exact) mass is 271 g/mol. The average molecular weight is 271 g/mol. The Balaban J connectivity index is 2.11. The van der Waals surface area contributed by atoms with E-state index in [9.17, 15) is 4.39 Å². The number of H-pyrrole nitrogens is 1. The van der Waals surface area contributed by atoms with Gasteiger partial charge in [0.1, 0.15) is 13.7 Å². The minimum absolute atomic E-state index is 0.219. The van der Waals surface area contributed by atoms with Gasteiger partial charge in [-0.1, -0.05) is 54.0 Å². The highest BCUT2D eigenvalue weighted by atomic mass is 19.1. The van der Waals surface area contributed by atoms with E-state index in [1.807, 2.05) is 42.5 Å². The van der Waals surface area contributed by atoms with Gasteiger partial charge < -0.3 is 4.98 Å². The number of halogens is 1. The van der Waals surface area contributed by atoms with Gasteiger partial charge in [0.05, 0.1) is 5.52 Å². The van der Waals surface area contributed by atoms with Crippen LogP contribution in [-0.4, -0.2) is 12.8 Å². The second-order valence-corrected chi connectivity index (χ2v) is 5.14. The summed E-state index contributed by atoms with van der Waals surface area (Å²) in [7, 11) is 5.84. The number of benzene rings is 3. The first-order valence-electron chi connectivity index (χ1n) is 6.79. The molecule has 21 heavy (non-hydrogen) atoms. The molecular weight excluding hydrogens is 260 g/mol. The van der Waals surface area contributed by atoms with Crippen LogP contribution >= 0.6 is 0 Å². The second kappa shape index (κ2) is 4.49. The van der Waals surface area contributed by atoms with Crippen LogP contribution in [0.5, 0.6) is 0 Å². The zero-order valence-electron chi connectivity index (χ0n) is 11.2. The van der Waals surface area contributed by atoms with Crippen molar-refractivity contribution in [1.82, 2.24) is 4.98 Å². The molecule has 2 radical (unpaired) electrons. The van der Waals surface area contributed by atoms with Crippen molar-refractivity contribution in [3.8, 4) is 11.1 Å². The molecule has 98 valence electrons. The van der Waals surface area contributed by atoms with E-state index in [2.05, 4.69) is 4.98 Å². The molecule has 3 aromatic carbocycles. The summed E-state index contributed by atoms with van der Waals surface area (Å²) >= 11 is 0. The summed E-state index contributed by atoms with van der Waals surface area (Å²) in [4.78, 5) is 3.37. The molecule has 0 atom stereocenters. The lowest BCUT2D eigenvalue weighted by Gasteiger charge is -2.04. The van der Waals surface area contributed by atoms with Crippen molar-refractivity contribution in [3.05, 3.63) is 66.5 Å². The molecule has 3 heteroatoms. The predicted molar refractivity (Wildman–Crippen MR) is 86.6 cm³/mol. The van der Waals surface area contributed by atoms with Gasteiger partial charge in [-0.3, -0.25) is 0 Å². The summed E-state index contributed by atoms with van der Waals surface area (Å²) in [6.07, 6.45) is 0. The van der Waals surface area contributed by atoms with E-state index in [4.69, 9.17) is 7.85 Å². The molecule has 0 aliphatic heterocycles. The predicted octanol–water partition coefficient (Wildman–Crippen LogP) is 3.92. The Morgan fingerprint density at radius 2 is 1.62 bits per heavy atom. The molecule has 0 fully saturated rings. The lowest BCUT2D eigenvalue weighted by atomic mass is 9.95. The molecule has 0 aliphatic carbocycles. The number of aromatic amines is 1. The quantitative estimate of drug-likeness (QED) is 0.505. The number of hydrogen-bond donors (Lipinski definition) is 1. The van der Waals surface area contributed by atoms with Gasteiger partial charge in [0, 0.05) is 27.4 Å². The fourth-order valence-electron chi connectivity index (χ4n) is 2.85. The molecule has 1 nitrogen and oxygen atoms in total. The molecule has 0 saturated heterocycles. The van der Waals surface area contributed by atoms with Crippen molar-refractivity contribution in [2.45, 2.75) is 0 Å². The Bertz CT molecular complexity index is 971. The summed E-state index contributed by atoms with van der Waals surface area (Å²) in [5, 5.41) is 2.17. The molecule has 0 spiro atoms. The molecule has 0 amide bonds. The Kier molecular flexibility index (Phi) is 2.61. The summed E-state index contributed by atoms with van der Waals surface area (Å²) in [6, 6.07) is 18.5. The topological polar surface area (TPSA) is 15.8 Å². The van der Waals surface area contributed by atoms with Gasteiger partial charge in [0.15, 0.2) is 0 Å². The highest BCUT2D eigenvalue weighted by Gasteiger charge is 2.11. The minimum Gasteiger partial charge on any atom is -0.354 e. The van der Waals surface area contributed by atoms with Crippen LogP contribution in [-0.2, 0) is 0 Å². The normalized spacial score (nSPS) is 11.3. The molecule has 0 aliphatic rings. The molecule has 1 aromatic heterocycles. The average Bonchev–Trinajstić information content (AvgIpc) is 2.85. The van der Waals surface area contributed by atoms with Gasteiger partial charge in [-0.15, -0.1) is 0 Å². The van der Waals surface area contributed by atoms with Crippen LogP contribution in [0.1, 0.15) is 0 Å². The summed E-state index contributed by atoms with van der Waals surface area (Å²) in [5.41, 5.74) is 4.07. The van der Waals surface area contributed by atoms with Crippen LogP contribution in [0.4, 0.5) is 4.39 Å². The fraction of sp³-hybridized carbons (Fsp3) is 0. The number of para-hydroxylation sites is 1. The maximum absolute atomic E-state index is 14.1. The molecule has 1 N–H and O–H groups in total. The van der Waals surface area contributed by atoms with Gasteiger partial charge >= 0.3 is 0 Å². The Morgan fingerprint density at radius 1 is 0.810 bits per heavy atom. The van der Waals surface area contributed by atoms with Crippen molar-refractivity contribution in [1.29, 1.82) is 0 Å². The van der Waals surface area contributed by atoms with E-state index in [1.54, 1.807) is 12.1 Å². The van der Waals surface area contributed by atoms with Gasteiger partial charge in [0.2, 0.25) is 0 Å². The minimum atomic E-state index is -0.219. The molecule has 1 heterocycles. The Hall–Kier alpha value is -2.55. The third-order valence-electron chi connectivity index (χ3n) is 3.82. The maximum atomic E-state index is 14.1. The first kappa shape index (κ1) is 12.2. The van der Waals surface area contributed by atoms with E-state index < -0.39 is 0 Å². The van der Waals surface area contributed by atoms with Crippen molar-refractivity contribution in [2.24, 2.45) is 0 Å². The highest BCUT2D eigenvalue weighted by Crippen LogP contribution is 2.33. The van der Waals surface area contributed by atoms with E-state index in [0.29, 0.717) is 11.0 Å². The van der Waals surface area contributed by atoms with Gasteiger partial charge in [-0.25, -0.2) is 4.39 Å². The summed E-state index contributed by atoms with van der Waals surface area (Å²) < 4.78 is 14.1. The standard InChI is InChI=1S/C18H11BFN/c19-11-8-9-13-15-6-3-5-14(18(15)21-17(13)10-11)12-4-1-2-7-16(12)20/h1-10,21H. The van der Waals surface area contributed by atoms with Crippen molar-refractivity contribution < 1.29 is 4.39 Å². The lowest BCUT2D eigenvalue weighted by molar-refractivity contribution is 0.631. The van der Waals surface area contributed by atoms with Crippen molar-refractivity contribution in [3.63, 3.8) is 0 Å². The van der Waals surface area contributed by atoms with Crippen LogP contribution in [0, 0.1) is 5.82 Å². The van der Waals surface area contributed by atoms with Crippen LogP contribution in [0.25, 0.3) is 32.9 Å². The number of fused-ring (bicyclic) bond motifs is 3. The number of nitrogens with one attached hydrogen (secondary N) is 1. The summed E-state index contributed by atoms with van der Waals surface area (Å²) in [6.45, 7) is 0. The molecular formula is C18H11BFN. The number of rotatable bonds is 1. The van der Waals surface area contributed by atoms with Crippen molar-refractivity contribution in [2.75, 3.05) is 0 Å². The molecule has 0 saturated carbocycles. The van der Waals surface area contributed by atoms with Crippen LogP contribution in [0.3, 0.4) is 0 Å². The molecule has 0 bridgehead atoms. The van der Waals surface area contributed by atoms with E-state index in [0.717, 1.165) is 27.4 Å². The molecule has 4 rings (SSSR count). The number of aromatic nitrogens is 1. The van der Waals surface area contributed by atoms with Crippen molar-refractivity contribution >= 4 is 35.1 Å². The fourth-order valence-corrected chi connectivity index (χ4v) is 2.85. The number of hydrogen-bond acceptors (Lipinski definition) is 0. The largest absolute Gasteiger partial charge is 0.354 e. The second-order valence-electron chi connectivity index (χ2n) is 5.14. The van der Waals surface area contributed by atoms with E-state index in [1.165, 1.54) is 6.07 Å². The maximum Gasteiger partial charge on any atom is 0.131 e. The first-order valence-corrected chi connectivity index (χ1v) is 6.79.